The molecule has 0 aliphatic carbocycles. The average molecular weight is 328 g/mol. The minimum absolute atomic E-state index is 0.441. The molecule has 21 heavy (non-hydrogen) atoms. The fraction of sp³-hybridized carbons (Fsp3) is 0.100. The minimum atomic E-state index is -2.29. The van der Waals surface area contributed by atoms with Gasteiger partial charge in [0.1, 0.15) is 0 Å². The Hall–Kier alpha value is -2.23. The molecule has 2 aromatic rings. The Bertz CT molecular complexity index is 720. The van der Waals surface area contributed by atoms with Gasteiger partial charge in [-0.2, -0.15) is 4.68 Å². The van der Waals surface area contributed by atoms with Gasteiger partial charge in [0.25, 0.3) is 0 Å². The maximum absolute atomic E-state index is 13.4. The van der Waals surface area contributed by atoms with Crippen molar-refractivity contribution in [1.29, 1.82) is 0 Å². The lowest BCUT2D eigenvalue weighted by Gasteiger charge is -2.06. The van der Waals surface area contributed by atoms with Crippen LogP contribution in [0, 0.1) is 39.2 Å². The summed E-state index contributed by atoms with van der Waals surface area (Å²) in [7, 11) is 0. The zero-order valence-electron chi connectivity index (χ0n) is 9.71. The fourth-order valence-corrected chi connectivity index (χ4v) is 1.76. The molecule has 0 fully saturated rings. The summed E-state index contributed by atoms with van der Waals surface area (Å²) in [6, 6.07) is 0. The average Bonchev–Trinajstić information content (AvgIpc) is 2.80. The van der Waals surface area contributed by atoms with E-state index in [2.05, 4.69) is 5.10 Å². The summed E-state index contributed by atoms with van der Waals surface area (Å²) in [6.07, 6.45) is 0.831. The summed E-state index contributed by atoms with van der Waals surface area (Å²) in [6.45, 7) is -0.917. The van der Waals surface area contributed by atoms with E-state index >= 15 is 0 Å². The minimum Gasteiger partial charge on any atom is -0.358 e. The van der Waals surface area contributed by atoms with Gasteiger partial charge in [-0.3, -0.25) is 0 Å². The van der Waals surface area contributed by atoms with E-state index in [-0.39, 0.29) is 0 Å². The van der Waals surface area contributed by atoms with Gasteiger partial charge >= 0.3 is 5.82 Å². The Morgan fingerprint density at radius 3 is 2.00 bits per heavy atom. The summed E-state index contributed by atoms with van der Waals surface area (Å²) >= 11 is 5.45. The zero-order valence-corrected chi connectivity index (χ0v) is 10.5. The number of aromatic nitrogens is 2. The van der Waals surface area contributed by atoms with E-state index < -0.39 is 57.0 Å². The van der Waals surface area contributed by atoms with E-state index in [1.54, 1.807) is 0 Å². The summed E-state index contributed by atoms with van der Waals surface area (Å²) in [5.41, 5.74) is -1.18. The molecule has 0 atom stereocenters. The first-order valence-corrected chi connectivity index (χ1v) is 5.49. The van der Waals surface area contributed by atoms with Gasteiger partial charge in [0, 0.05) is 0 Å². The topological polar surface area (TPSA) is 61.0 Å². The number of halogens is 6. The SMILES string of the molecule is O=[N+]([O-])c1nn(Cc2c(F)c(F)c(F)c(F)c2F)cc1Cl. The van der Waals surface area contributed by atoms with Crippen LogP contribution in [0.1, 0.15) is 5.56 Å². The van der Waals surface area contributed by atoms with Gasteiger partial charge in [0.05, 0.1) is 23.4 Å². The second-order valence-electron chi connectivity index (χ2n) is 3.80. The molecule has 112 valence electrons. The van der Waals surface area contributed by atoms with Crippen LogP contribution in [0.15, 0.2) is 6.20 Å². The molecular weight excluding hydrogens is 325 g/mol. The van der Waals surface area contributed by atoms with E-state index in [1.165, 1.54) is 0 Å². The van der Waals surface area contributed by atoms with Gasteiger partial charge in [-0.15, -0.1) is 0 Å². The van der Waals surface area contributed by atoms with Crippen molar-refractivity contribution in [1.82, 2.24) is 9.78 Å². The quantitative estimate of drug-likeness (QED) is 0.286. The van der Waals surface area contributed by atoms with Gasteiger partial charge in [-0.1, -0.05) is 11.6 Å². The second kappa shape index (κ2) is 5.28. The van der Waals surface area contributed by atoms with Crippen LogP contribution in [0.5, 0.6) is 0 Å². The molecule has 0 N–H and O–H groups in total. The molecule has 0 aliphatic rings. The lowest BCUT2D eigenvalue weighted by atomic mass is 10.1. The standard InChI is InChI=1S/C10H3ClF5N3O2/c11-4-2-18(17-10(4)19(20)21)1-3-5(12)7(14)9(16)8(15)6(3)13/h2H,1H2. The summed E-state index contributed by atoms with van der Waals surface area (Å²) < 4.78 is 66.3. The molecule has 11 heteroatoms. The molecular formula is C10H3ClF5N3O2. The van der Waals surface area contributed by atoms with Gasteiger partial charge in [0.15, 0.2) is 28.3 Å². The van der Waals surface area contributed by atoms with Gasteiger partial charge in [-0.05, 0) is 4.92 Å². The Morgan fingerprint density at radius 1 is 1.10 bits per heavy atom. The zero-order chi connectivity index (χ0) is 15.9. The monoisotopic (exact) mass is 327 g/mol. The van der Waals surface area contributed by atoms with Crippen molar-refractivity contribution < 1.29 is 26.9 Å². The van der Waals surface area contributed by atoms with Crippen molar-refractivity contribution >= 4 is 17.4 Å². The molecule has 0 bridgehead atoms. The second-order valence-corrected chi connectivity index (χ2v) is 4.21. The van der Waals surface area contributed by atoms with Gasteiger partial charge in [0.2, 0.25) is 5.82 Å². The number of hydrogen-bond acceptors (Lipinski definition) is 3. The lowest BCUT2D eigenvalue weighted by Crippen LogP contribution is -2.11. The van der Waals surface area contributed by atoms with Crippen molar-refractivity contribution in [3.8, 4) is 0 Å². The Balaban J connectivity index is 2.50. The van der Waals surface area contributed by atoms with Crippen molar-refractivity contribution in [2.45, 2.75) is 6.54 Å². The third-order valence-corrected chi connectivity index (χ3v) is 2.76. The molecule has 1 aromatic carbocycles. The maximum atomic E-state index is 13.4. The largest absolute Gasteiger partial charge is 0.408 e. The highest BCUT2D eigenvalue weighted by Gasteiger charge is 2.27. The molecule has 0 amide bonds. The highest BCUT2D eigenvalue weighted by Crippen LogP contribution is 2.26. The summed E-state index contributed by atoms with van der Waals surface area (Å²) in [4.78, 5) is 9.54. The molecule has 0 saturated carbocycles. The molecule has 0 unspecified atom stereocenters. The number of nitro groups is 1. The third kappa shape index (κ3) is 2.53. The van der Waals surface area contributed by atoms with Crippen molar-refractivity contribution in [3.05, 3.63) is 56.0 Å². The molecule has 1 heterocycles. The van der Waals surface area contributed by atoms with Crippen LogP contribution in [-0.2, 0) is 6.54 Å². The highest BCUT2D eigenvalue weighted by molar-refractivity contribution is 6.32. The summed E-state index contributed by atoms with van der Waals surface area (Å²) in [5.74, 6) is -11.4. The van der Waals surface area contributed by atoms with Gasteiger partial charge in [-0.25, -0.2) is 22.0 Å². The van der Waals surface area contributed by atoms with Crippen LogP contribution in [-0.4, -0.2) is 14.7 Å². The molecule has 5 nitrogen and oxygen atoms in total. The van der Waals surface area contributed by atoms with E-state index in [0.29, 0.717) is 4.68 Å². The molecule has 0 saturated heterocycles. The Morgan fingerprint density at radius 2 is 1.57 bits per heavy atom. The normalized spacial score (nSPS) is 11.0. The van der Waals surface area contributed by atoms with E-state index in [1.807, 2.05) is 0 Å². The van der Waals surface area contributed by atoms with Gasteiger partial charge < -0.3 is 10.1 Å². The van der Waals surface area contributed by atoms with Crippen LogP contribution in [0.25, 0.3) is 0 Å². The number of nitrogens with zero attached hydrogens (tertiary/aromatic N) is 3. The van der Waals surface area contributed by atoms with Crippen LogP contribution in [0.2, 0.25) is 5.02 Å². The fourth-order valence-electron chi connectivity index (χ4n) is 1.54. The molecule has 0 aliphatic heterocycles. The van der Waals surface area contributed by atoms with Crippen LogP contribution in [0.3, 0.4) is 0 Å². The molecule has 1 aromatic heterocycles. The first-order valence-electron chi connectivity index (χ1n) is 5.11. The number of hydrogen-bond donors (Lipinski definition) is 0. The summed E-state index contributed by atoms with van der Waals surface area (Å²) in [5, 5.41) is 13.3. The Labute approximate surface area is 117 Å². The first kappa shape index (κ1) is 15.2. The predicted molar refractivity (Wildman–Crippen MR) is 59.2 cm³/mol. The van der Waals surface area contributed by atoms with Crippen LogP contribution < -0.4 is 0 Å². The smallest absolute Gasteiger partial charge is 0.358 e. The highest BCUT2D eigenvalue weighted by atomic mass is 35.5. The lowest BCUT2D eigenvalue weighted by molar-refractivity contribution is -0.389. The maximum Gasteiger partial charge on any atom is 0.408 e. The molecule has 0 radical (unpaired) electrons. The van der Waals surface area contributed by atoms with E-state index in [4.69, 9.17) is 11.6 Å². The van der Waals surface area contributed by atoms with Crippen molar-refractivity contribution in [3.63, 3.8) is 0 Å². The van der Waals surface area contributed by atoms with Crippen LogP contribution in [0.4, 0.5) is 27.8 Å². The Kier molecular flexibility index (Phi) is 3.81. The molecule has 0 spiro atoms. The molecule has 2 rings (SSSR count). The van der Waals surface area contributed by atoms with Crippen molar-refractivity contribution in [2.75, 3.05) is 0 Å². The number of rotatable bonds is 3. The first-order chi connectivity index (χ1) is 9.73. The van der Waals surface area contributed by atoms with E-state index in [0.717, 1.165) is 6.20 Å². The van der Waals surface area contributed by atoms with E-state index in [9.17, 15) is 32.1 Å². The van der Waals surface area contributed by atoms with Crippen molar-refractivity contribution in [2.24, 2.45) is 0 Å². The predicted octanol–water partition coefficient (Wildman–Crippen LogP) is 3.19. The number of benzene rings is 1. The third-order valence-electron chi connectivity index (χ3n) is 2.49. The van der Waals surface area contributed by atoms with Crippen LogP contribution >= 0.6 is 11.6 Å².